The van der Waals surface area contributed by atoms with Crippen LogP contribution in [-0.4, -0.2) is 0 Å². The predicted octanol–water partition coefficient (Wildman–Crippen LogP) is 14.3. The lowest BCUT2D eigenvalue weighted by Gasteiger charge is -2.19. The van der Waals surface area contributed by atoms with Crippen LogP contribution < -0.4 is 0 Å². The molecular weight excluding hydrogens is 613 g/mol. The molecule has 0 radical (unpaired) electrons. The first-order chi connectivity index (χ1) is 25.2. The molecule has 0 aliphatic rings. The Morgan fingerprint density at radius 1 is 0.235 bits per heavy atom. The molecule has 0 saturated carbocycles. The summed E-state index contributed by atoms with van der Waals surface area (Å²) in [6, 6.07) is 72.9. The maximum Gasteiger partial charge on any atom is -0.00237 e. The summed E-state index contributed by atoms with van der Waals surface area (Å²) < 4.78 is 0. The average molecular weight is 649 g/mol. The summed E-state index contributed by atoms with van der Waals surface area (Å²) >= 11 is 0. The van der Waals surface area contributed by atoms with Gasteiger partial charge in [0.25, 0.3) is 0 Å². The summed E-state index contributed by atoms with van der Waals surface area (Å²) in [4.78, 5) is 0. The third-order valence-corrected chi connectivity index (χ3v) is 10.2. The van der Waals surface area contributed by atoms with E-state index >= 15 is 0 Å². The maximum absolute atomic E-state index is 2.36. The zero-order valence-corrected chi connectivity index (χ0v) is 28.6. The predicted molar refractivity (Wildman–Crippen MR) is 219 cm³/mol. The molecule has 9 rings (SSSR count). The van der Waals surface area contributed by atoms with Gasteiger partial charge in [-0.05, 0) is 113 Å². The summed E-state index contributed by atoms with van der Waals surface area (Å²) in [6.07, 6.45) is 0. The van der Waals surface area contributed by atoms with Crippen LogP contribution in [0.5, 0.6) is 0 Å². The lowest BCUT2D eigenvalue weighted by molar-refractivity contribution is 1.47. The highest BCUT2D eigenvalue weighted by atomic mass is 14.2. The fourth-order valence-electron chi connectivity index (χ4n) is 7.66. The highest BCUT2D eigenvalue weighted by molar-refractivity contribution is 6.21. The molecule has 0 N–H and O–H groups in total. The Morgan fingerprint density at radius 3 is 1.08 bits per heavy atom. The fraction of sp³-hybridized carbons (Fsp3) is 0.0196. The molecule has 0 heterocycles. The zero-order valence-electron chi connectivity index (χ0n) is 28.6. The molecule has 9 aromatic rings. The van der Waals surface area contributed by atoms with Crippen molar-refractivity contribution < 1.29 is 0 Å². The molecule has 0 aliphatic heterocycles. The Bertz CT molecular complexity index is 2600. The Morgan fingerprint density at radius 2 is 0.569 bits per heavy atom. The largest absolute Gasteiger partial charge is 0.0622 e. The van der Waals surface area contributed by atoms with E-state index in [2.05, 4.69) is 207 Å². The van der Waals surface area contributed by atoms with Gasteiger partial charge in [-0.2, -0.15) is 0 Å². The maximum atomic E-state index is 2.36. The van der Waals surface area contributed by atoms with Crippen LogP contribution in [0.1, 0.15) is 5.56 Å². The first kappa shape index (κ1) is 30.6. The molecule has 0 amide bonds. The van der Waals surface area contributed by atoms with Crippen molar-refractivity contribution in [2.24, 2.45) is 0 Å². The van der Waals surface area contributed by atoms with E-state index in [4.69, 9.17) is 0 Å². The molecule has 0 aromatic heterocycles. The van der Waals surface area contributed by atoms with Crippen molar-refractivity contribution in [3.8, 4) is 66.8 Å². The minimum atomic E-state index is 1.21. The SMILES string of the molecule is Cc1ccccc1-c1c2ccccc2c(-c2cccc(-c3cccc(-c4ccc(-c5ccc(-c6ccccc6)cc5)cc4)c3)c2)c2ccccc12. The first-order valence-electron chi connectivity index (χ1n) is 17.7. The number of benzene rings is 9. The second-order valence-electron chi connectivity index (χ2n) is 13.3. The van der Waals surface area contributed by atoms with Crippen LogP contribution >= 0.6 is 0 Å². The van der Waals surface area contributed by atoms with Gasteiger partial charge in [0.1, 0.15) is 0 Å². The van der Waals surface area contributed by atoms with Crippen LogP contribution in [0.3, 0.4) is 0 Å². The minimum Gasteiger partial charge on any atom is -0.0622 e. The third kappa shape index (κ3) is 5.71. The van der Waals surface area contributed by atoms with E-state index in [1.807, 2.05) is 0 Å². The Hall–Kier alpha value is -6.50. The molecule has 0 saturated heterocycles. The summed E-state index contributed by atoms with van der Waals surface area (Å²) in [7, 11) is 0. The minimum absolute atomic E-state index is 1.21. The van der Waals surface area contributed by atoms with Crippen molar-refractivity contribution in [3.63, 3.8) is 0 Å². The van der Waals surface area contributed by atoms with Crippen LogP contribution in [-0.2, 0) is 0 Å². The summed E-state index contributed by atoms with van der Waals surface area (Å²) in [6.45, 7) is 2.21. The monoisotopic (exact) mass is 648 g/mol. The Labute approximate surface area is 300 Å². The molecule has 0 bridgehead atoms. The van der Waals surface area contributed by atoms with Crippen molar-refractivity contribution in [3.05, 3.63) is 206 Å². The van der Waals surface area contributed by atoms with E-state index in [9.17, 15) is 0 Å². The van der Waals surface area contributed by atoms with Gasteiger partial charge in [0.2, 0.25) is 0 Å². The average Bonchev–Trinajstić information content (AvgIpc) is 3.21. The van der Waals surface area contributed by atoms with Gasteiger partial charge in [0, 0.05) is 0 Å². The van der Waals surface area contributed by atoms with E-state index in [-0.39, 0.29) is 0 Å². The van der Waals surface area contributed by atoms with Gasteiger partial charge in [0.05, 0.1) is 0 Å². The van der Waals surface area contributed by atoms with Gasteiger partial charge in [-0.1, -0.05) is 188 Å². The standard InChI is InChI=1S/C51H36/c1-35-13-5-6-20-45(35)51-48-23-9-7-21-46(48)50(47-22-8-10-24-49(47)51)44-19-12-18-43(34-44)42-17-11-16-41(33-42)40-31-29-39(30-32-40)38-27-25-37(26-28-38)36-14-3-2-4-15-36/h2-34H,1H3. The van der Waals surface area contributed by atoms with Crippen molar-refractivity contribution in [2.45, 2.75) is 6.92 Å². The molecule has 0 unspecified atom stereocenters. The van der Waals surface area contributed by atoms with Gasteiger partial charge in [-0.3, -0.25) is 0 Å². The Kier molecular flexibility index (Phi) is 7.84. The highest BCUT2D eigenvalue weighted by Crippen LogP contribution is 2.45. The van der Waals surface area contributed by atoms with Crippen LogP contribution in [0.2, 0.25) is 0 Å². The van der Waals surface area contributed by atoms with Crippen LogP contribution in [0.4, 0.5) is 0 Å². The van der Waals surface area contributed by atoms with Crippen molar-refractivity contribution in [2.75, 3.05) is 0 Å². The third-order valence-electron chi connectivity index (χ3n) is 10.2. The van der Waals surface area contributed by atoms with E-state index in [1.165, 1.54) is 93.9 Å². The van der Waals surface area contributed by atoms with E-state index < -0.39 is 0 Å². The van der Waals surface area contributed by atoms with Crippen LogP contribution in [0.15, 0.2) is 200 Å². The zero-order chi connectivity index (χ0) is 34.1. The molecule has 0 atom stereocenters. The smallest absolute Gasteiger partial charge is 0.00237 e. The van der Waals surface area contributed by atoms with Gasteiger partial charge in [-0.15, -0.1) is 0 Å². The van der Waals surface area contributed by atoms with Crippen molar-refractivity contribution in [1.82, 2.24) is 0 Å². The quantitative estimate of drug-likeness (QED) is 0.157. The summed E-state index contributed by atoms with van der Waals surface area (Å²) in [5, 5.41) is 5.11. The Balaban J connectivity index is 1.08. The van der Waals surface area contributed by atoms with E-state index in [1.54, 1.807) is 0 Å². The second kappa shape index (κ2) is 13.1. The number of rotatable bonds is 6. The van der Waals surface area contributed by atoms with Crippen LogP contribution in [0, 0.1) is 6.92 Å². The fourth-order valence-corrected chi connectivity index (χ4v) is 7.66. The van der Waals surface area contributed by atoms with Gasteiger partial charge >= 0.3 is 0 Å². The molecule has 0 spiro atoms. The molecule has 9 aromatic carbocycles. The van der Waals surface area contributed by atoms with Gasteiger partial charge in [0.15, 0.2) is 0 Å². The van der Waals surface area contributed by atoms with Crippen LogP contribution in [0.25, 0.3) is 88.3 Å². The molecule has 0 aliphatic carbocycles. The highest BCUT2D eigenvalue weighted by Gasteiger charge is 2.17. The normalized spacial score (nSPS) is 11.2. The second-order valence-corrected chi connectivity index (χ2v) is 13.3. The molecule has 51 heavy (non-hydrogen) atoms. The summed E-state index contributed by atoms with van der Waals surface area (Å²) in [5.41, 5.74) is 16.1. The molecule has 0 heteroatoms. The molecule has 240 valence electrons. The summed E-state index contributed by atoms with van der Waals surface area (Å²) in [5.74, 6) is 0. The molecular formula is C51H36. The molecule has 0 fully saturated rings. The lowest BCUT2D eigenvalue weighted by atomic mass is 9.84. The van der Waals surface area contributed by atoms with E-state index in [0.29, 0.717) is 0 Å². The topological polar surface area (TPSA) is 0 Å². The van der Waals surface area contributed by atoms with Crippen molar-refractivity contribution in [1.29, 1.82) is 0 Å². The number of fused-ring (bicyclic) bond motifs is 2. The van der Waals surface area contributed by atoms with Gasteiger partial charge < -0.3 is 0 Å². The first-order valence-corrected chi connectivity index (χ1v) is 17.7. The number of aryl methyl sites for hydroxylation is 1. The van der Waals surface area contributed by atoms with E-state index in [0.717, 1.165) is 0 Å². The molecule has 0 nitrogen and oxygen atoms in total. The lowest BCUT2D eigenvalue weighted by Crippen LogP contribution is -1.92. The number of hydrogen-bond acceptors (Lipinski definition) is 0. The number of hydrogen-bond donors (Lipinski definition) is 0. The van der Waals surface area contributed by atoms with Crippen molar-refractivity contribution >= 4 is 21.5 Å². The van der Waals surface area contributed by atoms with Gasteiger partial charge in [-0.25, -0.2) is 0 Å².